The molecule has 0 saturated carbocycles. The monoisotopic (exact) mass is 244 g/mol. The van der Waals surface area contributed by atoms with Crippen LogP contribution in [-0.2, 0) is 17.1 Å². The summed E-state index contributed by atoms with van der Waals surface area (Å²) >= 11 is 0. The van der Waals surface area contributed by atoms with Gasteiger partial charge in [-0.15, -0.1) is 0 Å². The van der Waals surface area contributed by atoms with Gasteiger partial charge in [0.1, 0.15) is 11.9 Å². The Kier molecular flexibility index (Phi) is 3.43. The van der Waals surface area contributed by atoms with Crippen molar-refractivity contribution in [1.29, 1.82) is 0 Å². The maximum absolute atomic E-state index is 14.1. The average Bonchev–Trinajstić information content (AvgIpc) is 2.83. The lowest BCUT2D eigenvalue weighted by Crippen LogP contribution is -2.31. The van der Waals surface area contributed by atoms with E-state index in [0.717, 1.165) is 6.07 Å². The summed E-state index contributed by atoms with van der Waals surface area (Å²) in [6.07, 6.45) is 0.100. The van der Waals surface area contributed by atoms with Gasteiger partial charge in [-0.3, -0.25) is 0 Å². The fourth-order valence-electron chi connectivity index (χ4n) is 2.15. The number of halogens is 3. The van der Waals surface area contributed by atoms with Crippen LogP contribution in [0.3, 0.4) is 0 Å². The van der Waals surface area contributed by atoms with E-state index in [9.17, 15) is 13.2 Å². The van der Waals surface area contributed by atoms with Gasteiger partial charge in [-0.25, -0.2) is 4.39 Å². The zero-order valence-corrected chi connectivity index (χ0v) is 9.68. The summed E-state index contributed by atoms with van der Waals surface area (Å²) in [4.78, 5) is 0. The highest BCUT2D eigenvalue weighted by Gasteiger charge is 2.45. The quantitative estimate of drug-likeness (QED) is 0.788. The van der Waals surface area contributed by atoms with Crippen LogP contribution < -0.4 is 0 Å². The molecular formula is C13H15F3O. The molecular weight excluding hydrogens is 229 g/mol. The summed E-state index contributed by atoms with van der Waals surface area (Å²) in [7, 11) is 0. The van der Waals surface area contributed by atoms with E-state index in [4.69, 9.17) is 4.74 Å². The zero-order valence-electron chi connectivity index (χ0n) is 9.68. The molecule has 0 spiro atoms. The van der Waals surface area contributed by atoms with Gasteiger partial charge in [0.05, 0.1) is 5.56 Å². The smallest absolute Gasteiger partial charge is 0.301 e. The number of hydrogen-bond acceptors (Lipinski definition) is 1. The van der Waals surface area contributed by atoms with E-state index in [2.05, 4.69) is 0 Å². The van der Waals surface area contributed by atoms with Crippen molar-refractivity contribution in [3.63, 3.8) is 0 Å². The van der Waals surface area contributed by atoms with Crippen LogP contribution in [0.4, 0.5) is 13.2 Å². The Hall–Kier alpha value is -1.03. The summed E-state index contributed by atoms with van der Waals surface area (Å²) in [6.45, 7) is 2.07. The highest BCUT2D eigenvalue weighted by molar-refractivity contribution is 5.30. The van der Waals surface area contributed by atoms with Gasteiger partial charge >= 0.3 is 5.92 Å². The molecule has 0 aromatic heterocycles. The molecule has 1 heterocycles. The van der Waals surface area contributed by atoms with Crippen LogP contribution in [0.5, 0.6) is 0 Å². The van der Waals surface area contributed by atoms with E-state index >= 15 is 0 Å². The van der Waals surface area contributed by atoms with Crippen LogP contribution in [0.2, 0.25) is 0 Å². The topological polar surface area (TPSA) is 9.23 Å². The van der Waals surface area contributed by atoms with Crippen LogP contribution in [-0.4, -0.2) is 12.7 Å². The van der Waals surface area contributed by atoms with Crippen molar-refractivity contribution >= 4 is 0 Å². The number of alkyl halides is 2. The summed E-state index contributed by atoms with van der Waals surface area (Å²) in [5.41, 5.74) is -0.219. The summed E-state index contributed by atoms with van der Waals surface area (Å²) in [5, 5.41) is 0. The molecule has 1 atom stereocenters. The molecule has 1 aromatic carbocycles. The van der Waals surface area contributed by atoms with E-state index in [0.29, 0.717) is 25.0 Å². The fraction of sp³-hybridized carbons (Fsp3) is 0.538. The molecule has 4 heteroatoms. The molecule has 1 aliphatic rings. The first-order valence-corrected chi connectivity index (χ1v) is 5.84. The summed E-state index contributed by atoms with van der Waals surface area (Å²) in [5.74, 6) is -4.04. The lowest BCUT2D eigenvalue weighted by atomic mass is 9.97. The Morgan fingerprint density at radius 1 is 1.41 bits per heavy atom. The number of hydrogen-bond donors (Lipinski definition) is 0. The molecule has 1 aliphatic heterocycles. The Labute approximate surface area is 98.6 Å². The Morgan fingerprint density at radius 3 is 2.76 bits per heavy atom. The van der Waals surface area contributed by atoms with Gasteiger partial charge in [-0.05, 0) is 30.9 Å². The minimum atomic E-state index is -3.24. The van der Waals surface area contributed by atoms with Gasteiger partial charge < -0.3 is 4.74 Å². The second-order valence-corrected chi connectivity index (χ2v) is 4.26. The molecule has 2 rings (SSSR count). The number of rotatable bonds is 3. The van der Waals surface area contributed by atoms with Crippen LogP contribution in [0.15, 0.2) is 18.2 Å². The van der Waals surface area contributed by atoms with Gasteiger partial charge in [0.2, 0.25) is 0 Å². The van der Waals surface area contributed by atoms with E-state index < -0.39 is 23.4 Å². The van der Waals surface area contributed by atoms with Crippen LogP contribution >= 0.6 is 0 Å². The number of aryl methyl sites for hydroxylation is 1. The number of benzene rings is 1. The fourth-order valence-corrected chi connectivity index (χ4v) is 2.15. The first kappa shape index (κ1) is 12.4. The second kappa shape index (κ2) is 4.69. The van der Waals surface area contributed by atoms with E-state index in [-0.39, 0.29) is 6.42 Å². The van der Waals surface area contributed by atoms with Gasteiger partial charge in [0.15, 0.2) is 0 Å². The summed E-state index contributed by atoms with van der Waals surface area (Å²) in [6, 6.07) is 4.15. The SMILES string of the molecule is CCc1cccc(C(F)(F)C2CCCO2)c1F. The van der Waals surface area contributed by atoms with Crippen LogP contribution in [0, 0.1) is 5.82 Å². The molecule has 1 unspecified atom stereocenters. The maximum Gasteiger partial charge on any atom is 0.301 e. The van der Waals surface area contributed by atoms with Crippen molar-refractivity contribution < 1.29 is 17.9 Å². The highest BCUT2D eigenvalue weighted by Crippen LogP contribution is 2.39. The first-order chi connectivity index (χ1) is 8.07. The van der Waals surface area contributed by atoms with Gasteiger partial charge in [0.25, 0.3) is 0 Å². The van der Waals surface area contributed by atoms with Crippen molar-refractivity contribution in [3.05, 3.63) is 35.1 Å². The normalized spacial score (nSPS) is 20.8. The largest absolute Gasteiger partial charge is 0.372 e. The van der Waals surface area contributed by atoms with E-state index in [1.807, 2.05) is 0 Å². The molecule has 1 nitrogen and oxygen atoms in total. The van der Waals surface area contributed by atoms with E-state index in [1.165, 1.54) is 12.1 Å². The Balaban J connectivity index is 2.38. The molecule has 0 N–H and O–H groups in total. The molecule has 0 bridgehead atoms. The zero-order chi connectivity index (χ0) is 12.5. The van der Waals surface area contributed by atoms with Crippen LogP contribution in [0.25, 0.3) is 0 Å². The van der Waals surface area contributed by atoms with Crippen molar-refractivity contribution in [3.8, 4) is 0 Å². The minimum absolute atomic E-state index is 0.281. The molecule has 1 fully saturated rings. The van der Waals surface area contributed by atoms with Crippen molar-refractivity contribution in [2.75, 3.05) is 6.61 Å². The third-order valence-corrected chi connectivity index (χ3v) is 3.15. The third kappa shape index (κ3) is 2.18. The van der Waals surface area contributed by atoms with Gasteiger partial charge in [-0.1, -0.05) is 19.1 Å². The van der Waals surface area contributed by atoms with Crippen molar-refractivity contribution in [1.82, 2.24) is 0 Å². The molecule has 94 valence electrons. The predicted octanol–water partition coefficient (Wildman–Crippen LogP) is 3.66. The molecule has 1 aromatic rings. The maximum atomic E-state index is 14.1. The first-order valence-electron chi connectivity index (χ1n) is 5.84. The highest BCUT2D eigenvalue weighted by atomic mass is 19.3. The minimum Gasteiger partial charge on any atom is -0.372 e. The second-order valence-electron chi connectivity index (χ2n) is 4.26. The standard InChI is InChI=1S/C13H15F3O/c1-2-9-5-3-6-10(12(9)14)13(15,16)11-7-4-8-17-11/h3,5-6,11H,2,4,7-8H2,1H3. The Morgan fingerprint density at radius 2 is 2.18 bits per heavy atom. The average molecular weight is 244 g/mol. The lowest BCUT2D eigenvalue weighted by Gasteiger charge is -2.23. The van der Waals surface area contributed by atoms with E-state index in [1.54, 1.807) is 6.92 Å². The molecule has 0 radical (unpaired) electrons. The number of ether oxygens (including phenoxy) is 1. The Bertz CT molecular complexity index is 398. The van der Waals surface area contributed by atoms with Crippen molar-refractivity contribution in [2.45, 2.75) is 38.2 Å². The van der Waals surface area contributed by atoms with Gasteiger partial charge in [0, 0.05) is 6.61 Å². The molecule has 17 heavy (non-hydrogen) atoms. The molecule has 1 saturated heterocycles. The predicted molar refractivity (Wildman–Crippen MR) is 58.6 cm³/mol. The molecule has 0 amide bonds. The molecule has 0 aliphatic carbocycles. The third-order valence-electron chi connectivity index (χ3n) is 3.15. The van der Waals surface area contributed by atoms with Crippen LogP contribution in [0.1, 0.15) is 30.9 Å². The van der Waals surface area contributed by atoms with Crippen molar-refractivity contribution in [2.24, 2.45) is 0 Å². The van der Waals surface area contributed by atoms with Gasteiger partial charge in [-0.2, -0.15) is 8.78 Å². The summed E-state index contributed by atoms with van der Waals surface area (Å²) < 4.78 is 47.0. The lowest BCUT2D eigenvalue weighted by molar-refractivity contribution is -0.124.